The molecule has 0 atom stereocenters. The van der Waals surface area contributed by atoms with E-state index in [9.17, 15) is 9.18 Å². The molecule has 0 aliphatic carbocycles. The average Bonchev–Trinajstić information content (AvgIpc) is 2.76. The summed E-state index contributed by atoms with van der Waals surface area (Å²) in [6, 6.07) is 24.2. The second kappa shape index (κ2) is 8.88. The summed E-state index contributed by atoms with van der Waals surface area (Å²) in [6.07, 6.45) is 0. The number of rotatable bonds is 5. The van der Waals surface area contributed by atoms with Crippen LogP contribution >= 0.6 is 0 Å². The molecule has 0 unspecified atom stereocenters. The standard InChI is InChI=1S/C24H24FN3O/c25-21-8-4-7-20(17-21)24(29)26-22-9-11-23(12-10-22)28-15-13-27(14-16-28)18-19-5-2-1-3-6-19/h1-12,17H,13-16,18H2,(H,26,29)/p+1. The molecule has 1 amide bonds. The summed E-state index contributed by atoms with van der Waals surface area (Å²) in [5.41, 5.74) is 3.56. The number of piperazine rings is 1. The Hall–Kier alpha value is -3.18. The zero-order valence-electron chi connectivity index (χ0n) is 16.3. The van der Waals surface area contributed by atoms with Crippen molar-refractivity contribution in [1.82, 2.24) is 0 Å². The SMILES string of the molecule is O=C(Nc1ccc(N2CC[NH+](Cc3ccccc3)CC2)cc1)c1cccc(F)c1. The van der Waals surface area contributed by atoms with Crippen LogP contribution < -0.4 is 15.1 Å². The number of halogens is 1. The number of carbonyl (C=O) groups is 1. The second-order valence-corrected chi connectivity index (χ2v) is 7.41. The van der Waals surface area contributed by atoms with Crippen LogP contribution in [0.1, 0.15) is 15.9 Å². The van der Waals surface area contributed by atoms with Gasteiger partial charge in [0.05, 0.1) is 26.2 Å². The zero-order valence-corrected chi connectivity index (χ0v) is 16.3. The molecule has 0 radical (unpaired) electrons. The number of benzene rings is 3. The first-order chi connectivity index (χ1) is 14.2. The minimum atomic E-state index is -0.415. The summed E-state index contributed by atoms with van der Waals surface area (Å²) in [5.74, 6) is -0.725. The van der Waals surface area contributed by atoms with Crippen molar-refractivity contribution in [3.63, 3.8) is 0 Å². The Morgan fingerprint density at radius 1 is 0.931 bits per heavy atom. The fraction of sp³-hybridized carbons (Fsp3) is 0.208. The van der Waals surface area contributed by atoms with Gasteiger partial charge in [-0.05, 0) is 42.5 Å². The Kier molecular flexibility index (Phi) is 5.86. The third-order valence-corrected chi connectivity index (χ3v) is 5.34. The minimum Gasteiger partial charge on any atom is -0.360 e. The third-order valence-electron chi connectivity index (χ3n) is 5.34. The van der Waals surface area contributed by atoms with Crippen LogP contribution in [-0.4, -0.2) is 32.1 Å². The summed E-state index contributed by atoms with van der Waals surface area (Å²) in [5, 5.41) is 2.82. The van der Waals surface area contributed by atoms with Crippen molar-refractivity contribution in [2.24, 2.45) is 0 Å². The lowest BCUT2D eigenvalue weighted by atomic mass is 10.1. The number of amides is 1. The van der Waals surface area contributed by atoms with Crippen LogP contribution in [-0.2, 0) is 6.54 Å². The molecule has 1 heterocycles. The fourth-order valence-electron chi connectivity index (χ4n) is 3.73. The first-order valence-corrected chi connectivity index (χ1v) is 9.97. The van der Waals surface area contributed by atoms with E-state index in [1.807, 2.05) is 24.3 Å². The molecule has 0 saturated carbocycles. The molecule has 2 N–H and O–H groups in total. The van der Waals surface area contributed by atoms with Crippen molar-refractivity contribution in [1.29, 1.82) is 0 Å². The molecule has 0 aromatic heterocycles. The van der Waals surface area contributed by atoms with Crippen LogP contribution in [0.3, 0.4) is 0 Å². The smallest absolute Gasteiger partial charge is 0.255 e. The van der Waals surface area contributed by atoms with Gasteiger partial charge in [-0.3, -0.25) is 4.79 Å². The summed E-state index contributed by atoms with van der Waals surface area (Å²) in [7, 11) is 0. The van der Waals surface area contributed by atoms with Crippen molar-refractivity contribution in [2.75, 3.05) is 36.4 Å². The van der Waals surface area contributed by atoms with Gasteiger partial charge in [0.15, 0.2) is 0 Å². The Balaban J connectivity index is 1.31. The van der Waals surface area contributed by atoms with Gasteiger partial charge in [0, 0.05) is 22.5 Å². The molecule has 0 bridgehead atoms. The van der Waals surface area contributed by atoms with E-state index in [1.165, 1.54) is 23.8 Å². The Morgan fingerprint density at radius 3 is 2.34 bits per heavy atom. The fourth-order valence-corrected chi connectivity index (χ4v) is 3.73. The molecule has 1 saturated heterocycles. The van der Waals surface area contributed by atoms with E-state index in [1.54, 1.807) is 11.0 Å². The van der Waals surface area contributed by atoms with Crippen LogP contribution in [0.4, 0.5) is 15.8 Å². The van der Waals surface area contributed by atoms with Crippen molar-refractivity contribution in [3.05, 3.63) is 95.8 Å². The molecule has 4 nitrogen and oxygen atoms in total. The number of nitrogens with zero attached hydrogens (tertiary/aromatic N) is 1. The van der Waals surface area contributed by atoms with E-state index in [4.69, 9.17) is 0 Å². The van der Waals surface area contributed by atoms with Gasteiger partial charge in [-0.2, -0.15) is 0 Å². The predicted octanol–water partition coefficient (Wildman–Crippen LogP) is 2.98. The highest BCUT2D eigenvalue weighted by molar-refractivity contribution is 6.04. The highest BCUT2D eigenvalue weighted by Crippen LogP contribution is 2.19. The number of hydrogen-bond acceptors (Lipinski definition) is 2. The molecule has 1 aliphatic rings. The van der Waals surface area contributed by atoms with Gasteiger partial charge in [0.1, 0.15) is 12.4 Å². The van der Waals surface area contributed by atoms with E-state index in [0.717, 1.165) is 38.4 Å². The van der Waals surface area contributed by atoms with Crippen molar-refractivity contribution in [3.8, 4) is 0 Å². The summed E-state index contributed by atoms with van der Waals surface area (Å²) in [6.45, 7) is 5.30. The number of hydrogen-bond donors (Lipinski definition) is 2. The molecule has 1 fully saturated rings. The van der Waals surface area contributed by atoms with E-state index >= 15 is 0 Å². The quantitative estimate of drug-likeness (QED) is 0.703. The van der Waals surface area contributed by atoms with E-state index in [2.05, 4.69) is 40.5 Å². The summed E-state index contributed by atoms with van der Waals surface area (Å²) >= 11 is 0. The largest absolute Gasteiger partial charge is 0.360 e. The second-order valence-electron chi connectivity index (χ2n) is 7.41. The molecule has 3 aromatic carbocycles. The van der Waals surface area contributed by atoms with Gasteiger partial charge in [-0.15, -0.1) is 0 Å². The molecular weight excluding hydrogens is 365 g/mol. The van der Waals surface area contributed by atoms with Gasteiger partial charge in [-0.1, -0.05) is 36.4 Å². The van der Waals surface area contributed by atoms with Gasteiger partial charge < -0.3 is 15.1 Å². The van der Waals surface area contributed by atoms with Crippen LogP contribution in [0.2, 0.25) is 0 Å². The molecule has 0 spiro atoms. The molecule has 4 rings (SSSR count). The van der Waals surface area contributed by atoms with Crippen molar-refractivity contribution >= 4 is 17.3 Å². The molecule has 3 aromatic rings. The maximum atomic E-state index is 13.3. The van der Waals surface area contributed by atoms with Gasteiger partial charge in [0.2, 0.25) is 0 Å². The zero-order chi connectivity index (χ0) is 20.1. The third kappa shape index (κ3) is 5.00. The number of nitrogens with one attached hydrogen (secondary N) is 2. The molecule has 1 aliphatic heterocycles. The van der Waals surface area contributed by atoms with Gasteiger partial charge in [0.25, 0.3) is 5.91 Å². The molecular formula is C24H25FN3O+. The van der Waals surface area contributed by atoms with E-state index in [0.29, 0.717) is 11.3 Å². The van der Waals surface area contributed by atoms with Gasteiger partial charge >= 0.3 is 0 Å². The van der Waals surface area contributed by atoms with Crippen molar-refractivity contribution < 1.29 is 14.1 Å². The van der Waals surface area contributed by atoms with Crippen LogP contribution in [0, 0.1) is 5.82 Å². The number of anilines is 2. The number of quaternary nitrogens is 1. The average molecular weight is 390 g/mol. The number of carbonyl (C=O) groups excluding carboxylic acids is 1. The lowest BCUT2D eigenvalue weighted by Gasteiger charge is -2.33. The molecule has 5 heteroatoms. The minimum absolute atomic E-state index is 0.310. The first kappa shape index (κ1) is 19.2. The van der Waals surface area contributed by atoms with E-state index < -0.39 is 5.82 Å². The maximum Gasteiger partial charge on any atom is 0.255 e. The predicted molar refractivity (Wildman–Crippen MR) is 114 cm³/mol. The van der Waals surface area contributed by atoms with E-state index in [-0.39, 0.29) is 5.91 Å². The lowest BCUT2D eigenvalue weighted by molar-refractivity contribution is -0.914. The maximum absolute atomic E-state index is 13.3. The highest BCUT2D eigenvalue weighted by atomic mass is 19.1. The summed E-state index contributed by atoms with van der Waals surface area (Å²) in [4.78, 5) is 16.2. The normalized spacial score (nSPS) is 14.6. The van der Waals surface area contributed by atoms with Crippen LogP contribution in [0.25, 0.3) is 0 Å². The Bertz CT molecular complexity index is 951. The Labute approximate surface area is 170 Å². The first-order valence-electron chi connectivity index (χ1n) is 9.97. The van der Waals surface area contributed by atoms with Gasteiger partial charge in [-0.25, -0.2) is 4.39 Å². The van der Waals surface area contributed by atoms with Crippen LogP contribution in [0.5, 0.6) is 0 Å². The molecule has 29 heavy (non-hydrogen) atoms. The molecule has 148 valence electrons. The highest BCUT2D eigenvalue weighted by Gasteiger charge is 2.20. The topological polar surface area (TPSA) is 36.8 Å². The monoisotopic (exact) mass is 390 g/mol. The Morgan fingerprint density at radius 2 is 1.66 bits per heavy atom. The summed E-state index contributed by atoms with van der Waals surface area (Å²) < 4.78 is 13.3. The van der Waals surface area contributed by atoms with Crippen molar-refractivity contribution in [2.45, 2.75) is 6.54 Å². The lowest BCUT2D eigenvalue weighted by Crippen LogP contribution is -3.13. The van der Waals surface area contributed by atoms with Crippen LogP contribution in [0.15, 0.2) is 78.9 Å².